The second kappa shape index (κ2) is 14.6. The summed E-state index contributed by atoms with van der Waals surface area (Å²) in [5.74, 6) is -1.06. The van der Waals surface area contributed by atoms with Gasteiger partial charge in [0.2, 0.25) is 5.91 Å². The molecule has 3 heterocycles. The van der Waals surface area contributed by atoms with Gasteiger partial charge < -0.3 is 20.6 Å². The minimum Gasteiger partial charge on any atom is -0.480 e. The number of nitrogens with zero attached hydrogens (tertiary/aromatic N) is 4. The van der Waals surface area contributed by atoms with E-state index in [0.717, 1.165) is 22.5 Å². The number of amides is 4. The van der Waals surface area contributed by atoms with Crippen molar-refractivity contribution < 1.29 is 24.3 Å². The number of aliphatic carboxylic acids is 1. The lowest BCUT2D eigenvalue weighted by molar-refractivity contribution is -0.141. The second-order valence-electron chi connectivity index (χ2n) is 13.6. The minimum absolute atomic E-state index is 0.00780. The molecule has 12 heteroatoms. The van der Waals surface area contributed by atoms with Crippen molar-refractivity contribution in [1.82, 2.24) is 25.5 Å². The van der Waals surface area contributed by atoms with E-state index in [1.54, 1.807) is 23.4 Å². The summed E-state index contributed by atoms with van der Waals surface area (Å²) in [5, 5.41) is 14.6. The van der Waals surface area contributed by atoms with E-state index in [1.165, 1.54) is 50.4 Å². The van der Waals surface area contributed by atoms with Crippen molar-refractivity contribution in [3.63, 3.8) is 0 Å². The van der Waals surface area contributed by atoms with Crippen LogP contribution in [0.15, 0.2) is 48.8 Å². The zero-order valence-electron chi connectivity index (χ0n) is 27.5. The number of thiophene rings is 1. The van der Waals surface area contributed by atoms with E-state index < -0.39 is 29.9 Å². The number of hydrogen-bond acceptors (Lipinski definition) is 7. The van der Waals surface area contributed by atoms with Crippen LogP contribution in [0.25, 0.3) is 11.4 Å². The SMILES string of the molecule is C[C@@H](NC(=O)[C@H](Cc1ccc(-c2ncc(N3CCN(CC4CCCCC4)C3=O)cn2)cc1)NC(=O)c1ccc(C(C)(C)C)s1)C(=O)O. The molecule has 3 aromatic rings. The van der Waals surface area contributed by atoms with Gasteiger partial charge >= 0.3 is 12.0 Å². The van der Waals surface area contributed by atoms with E-state index in [0.29, 0.717) is 35.4 Å². The topological polar surface area (TPSA) is 145 Å². The van der Waals surface area contributed by atoms with Crippen molar-refractivity contribution in [3.8, 4) is 11.4 Å². The molecule has 1 saturated carbocycles. The Kier molecular flexibility index (Phi) is 10.6. The summed E-state index contributed by atoms with van der Waals surface area (Å²) in [4.78, 5) is 65.0. The Balaban J connectivity index is 1.24. The van der Waals surface area contributed by atoms with Crippen LogP contribution >= 0.6 is 11.3 Å². The summed E-state index contributed by atoms with van der Waals surface area (Å²) in [7, 11) is 0. The van der Waals surface area contributed by atoms with E-state index in [9.17, 15) is 24.3 Å². The number of carbonyl (C=O) groups is 4. The number of carboxylic acid groups (broad SMARTS) is 1. The van der Waals surface area contributed by atoms with Crippen molar-refractivity contribution in [3.05, 3.63) is 64.1 Å². The van der Waals surface area contributed by atoms with Gasteiger partial charge in [0.15, 0.2) is 5.82 Å². The Bertz CT molecular complexity index is 1580. The second-order valence-corrected chi connectivity index (χ2v) is 14.6. The number of aromatic nitrogens is 2. The Hall–Kier alpha value is -4.32. The number of anilines is 1. The number of nitrogens with one attached hydrogen (secondary N) is 2. The molecule has 2 atom stereocenters. The molecule has 4 amide bonds. The number of benzene rings is 1. The Labute approximate surface area is 279 Å². The van der Waals surface area contributed by atoms with Gasteiger partial charge in [-0.05, 0) is 48.8 Å². The summed E-state index contributed by atoms with van der Waals surface area (Å²) in [6.07, 6.45) is 9.68. The van der Waals surface area contributed by atoms with E-state index in [2.05, 4.69) is 41.4 Å². The fourth-order valence-corrected chi connectivity index (χ4v) is 6.95. The molecular formula is C35H44N6O5S. The Morgan fingerprint density at radius 3 is 2.28 bits per heavy atom. The van der Waals surface area contributed by atoms with Crippen LogP contribution in [0.3, 0.4) is 0 Å². The molecule has 1 saturated heterocycles. The summed E-state index contributed by atoms with van der Waals surface area (Å²) in [5.41, 5.74) is 2.06. The quantitative estimate of drug-likeness (QED) is 0.255. The Morgan fingerprint density at radius 2 is 1.66 bits per heavy atom. The summed E-state index contributed by atoms with van der Waals surface area (Å²) < 4.78 is 0. The van der Waals surface area contributed by atoms with Gasteiger partial charge in [-0.1, -0.05) is 64.3 Å². The van der Waals surface area contributed by atoms with Gasteiger partial charge in [-0.15, -0.1) is 11.3 Å². The molecule has 1 aliphatic carbocycles. The van der Waals surface area contributed by atoms with Crippen molar-refractivity contribution in [2.24, 2.45) is 5.92 Å². The van der Waals surface area contributed by atoms with E-state index in [1.807, 2.05) is 35.2 Å². The Morgan fingerprint density at radius 1 is 0.979 bits per heavy atom. The number of carboxylic acids is 1. The lowest BCUT2D eigenvalue weighted by Gasteiger charge is -2.26. The standard InChI is InChI=1S/C35H44N6O5S/c1-22(33(44)45)38-31(42)27(39-32(43)28-14-15-29(47-28)35(2,3)4)18-23-10-12-25(13-11-23)30-36-19-26(20-37-30)41-17-16-40(34(41)46)21-24-8-6-5-7-9-24/h10-15,19-20,22,24,27H,5-9,16-18,21H2,1-4H3,(H,38,42)(H,39,43)(H,44,45)/t22-,27+/m1/s1. The number of urea groups is 1. The predicted molar refractivity (Wildman–Crippen MR) is 182 cm³/mol. The first-order valence-electron chi connectivity index (χ1n) is 16.3. The van der Waals surface area contributed by atoms with E-state index >= 15 is 0 Å². The molecule has 0 unspecified atom stereocenters. The maximum Gasteiger partial charge on any atom is 0.325 e. The molecule has 2 fully saturated rings. The average Bonchev–Trinajstić information content (AvgIpc) is 3.69. The van der Waals surface area contributed by atoms with Gasteiger partial charge in [0.1, 0.15) is 12.1 Å². The molecule has 47 heavy (non-hydrogen) atoms. The number of hydrogen-bond donors (Lipinski definition) is 3. The molecule has 1 aromatic carbocycles. The van der Waals surface area contributed by atoms with Crippen molar-refractivity contribution in [1.29, 1.82) is 0 Å². The molecule has 2 aliphatic rings. The van der Waals surface area contributed by atoms with Gasteiger partial charge in [-0.2, -0.15) is 0 Å². The third kappa shape index (κ3) is 8.54. The molecule has 0 radical (unpaired) electrons. The van der Waals surface area contributed by atoms with Crippen LogP contribution in [-0.4, -0.2) is 75.5 Å². The van der Waals surface area contributed by atoms with E-state index in [-0.39, 0.29) is 17.9 Å². The molecule has 2 aromatic heterocycles. The zero-order chi connectivity index (χ0) is 33.7. The summed E-state index contributed by atoms with van der Waals surface area (Å²) >= 11 is 1.37. The smallest absolute Gasteiger partial charge is 0.325 e. The molecular weight excluding hydrogens is 616 g/mol. The van der Waals surface area contributed by atoms with Crippen LogP contribution < -0.4 is 15.5 Å². The fraction of sp³-hybridized carbons (Fsp3) is 0.486. The molecule has 11 nitrogen and oxygen atoms in total. The fourth-order valence-electron chi connectivity index (χ4n) is 5.99. The zero-order valence-corrected chi connectivity index (χ0v) is 28.3. The average molecular weight is 661 g/mol. The van der Waals surface area contributed by atoms with Crippen LogP contribution in [0.5, 0.6) is 0 Å². The molecule has 0 spiro atoms. The normalized spacial score (nSPS) is 17.0. The first-order valence-corrected chi connectivity index (χ1v) is 17.1. The van der Waals surface area contributed by atoms with Crippen LogP contribution in [-0.2, 0) is 21.4 Å². The highest BCUT2D eigenvalue weighted by Crippen LogP contribution is 2.30. The molecule has 1 aliphatic heterocycles. The number of rotatable bonds is 11. The maximum absolute atomic E-state index is 13.2. The number of carbonyl (C=O) groups excluding carboxylic acids is 3. The highest BCUT2D eigenvalue weighted by molar-refractivity contribution is 7.14. The molecule has 250 valence electrons. The highest BCUT2D eigenvalue weighted by Gasteiger charge is 2.32. The lowest BCUT2D eigenvalue weighted by Crippen LogP contribution is -2.51. The van der Waals surface area contributed by atoms with Crippen LogP contribution in [0.4, 0.5) is 10.5 Å². The largest absolute Gasteiger partial charge is 0.480 e. The first-order chi connectivity index (χ1) is 22.4. The first kappa shape index (κ1) is 34.0. The molecule has 3 N–H and O–H groups in total. The summed E-state index contributed by atoms with van der Waals surface area (Å²) in [6, 6.07) is 8.87. The van der Waals surface area contributed by atoms with Crippen LogP contribution in [0, 0.1) is 5.92 Å². The van der Waals surface area contributed by atoms with Crippen LogP contribution in [0.2, 0.25) is 0 Å². The van der Waals surface area contributed by atoms with Gasteiger partial charge in [0.05, 0.1) is 23.0 Å². The third-order valence-corrected chi connectivity index (χ3v) is 10.3. The van der Waals surface area contributed by atoms with Gasteiger partial charge in [0.25, 0.3) is 5.91 Å². The summed E-state index contributed by atoms with van der Waals surface area (Å²) in [6.45, 7) is 9.70. The molecule has 5 rings (SSSR count). The minimum atomic E-state index is -1.17. The third-order valence-electron chi connectivity index (χ3n) is 8.82. The van der Waals surface area contributed by atoms with E-state index in [4.69, 9.17) is 0 Å². The maximum atomic E-state index is 13.2. The van der Waals surface area contributed by atoms with Gasteiger partial charge in [0, 0.05) is 36.5 Å². The van der Waals surface area contributed by atoms with Gasteiger partial charge in [-0.3, -0.25) is 19.3 Å². The molecule has 0 bridgehead atoms. The van der Waals surface area contributed by atoms with Crippen molar-refractivity contribution in [2.45, 2.75) is 83.7 Å². The lowest BCUT2D eigenvalue weighted by atomic mass is 9.89. The monoisotopic (exact) mass is 660 g/mol. The predicted octanol–water partition coefficient (Wildman–Crippen LogP) is 5.26. The van der Waals surface area contributed by atoms with Crippen molar-refractivity contribution >= 4 is 40.8 Å². The van der Waals surface area contributed by atoms with Crippen molar-refractivity contribution in [2.75, 3.05) is 24.5 Å². The highest BCUT2D eigenvalue weighted by atomic mass is 32.1. The van der Waals surface area contributed by atoms with Gasteiger partial charge in [-0.25, -0.2) is 14.8 Å². The van der Waals surface area contributed by atoms with Crippen LogP contribution in [0.1, 0.15) is 79.9 Å².